The van der Waals surface area contributed by atoms with Crippen molar-refractivity contribution in [2.45, 2.75) is 6.42 Å². The largest absolute Gasteiger partial charge is 0.360 e. The van der Waals surface area contributed by atoms with Crippen molar-refractivity contribution in [3.8, 4) is 16.6 Å². The minimum atomic E-state index is 0.276. The van der Waals surface area contributed by atoms with Crippen LogP contribution in [0.3, 0.4) is 0 Å². The van der Waals surface area contributed by atoms with Gasteiger partial charge in [0.2, 0.25) is 0 Å². The summed E-state index contributed by atoms with van der Waals surface area (Å²) in [6.45, 7) is 0. The van der Waals surface area contributed by atoms with E-state index in [1.807, 2.05) is 23.6 Å². The summed E-state index contributed by atoms with van der Waals surface area (Å²) in [6.07, 6.45) is 0.276. The molecule has 0 bridgehead atoms. The molecule has 2 heterocycles. The zero-order valence-electron chi connectivity index (χ0n) is 6.73. The fourth-order valence-corrected chi connectivity index (χ4v) is 1.69. The fourth-order valence-electron chi connectivity index (χ4n) is 1.01. The first-order chi connectivity index (χ1) is 6.40. The quantitative estimate of drug-likeness (QED) is 0.730. The SMILES string of the molecule is N#CCc1cc(-c2cccs2)no1. The van der Waals surface area contributed by atoms with Gasteiger partial charge in [-0.3, -0.25) is 0 Å². The number of aromatic nitrogens is 1. The molecule has 0 N–H and O–H groups in total. The Bertz CT molecular complexity index is 425. The summed E-state index contributed by atoms with van der Waals surface area (Å²) in [4.78, 5) is 1.06. The van der Waals surface area contributed by atoms with Crippen LogP contribution < -0.4 is 0 Å². The van der Waals surface area contributed by atoms with Crippen LogP contribution in [0.4, 0.5) is 0 Å². The van der Waals surface area contributed by atoms with E-state index in [1.54, 1.807) is 17.4 Å². The summed E-state index contributed by atoms with van der Waals surface area (Å²) >= 11 is 1.60. The van der Waals surface area contributed by atoms with E-state index in [2.05, 4.69) is 5.16 Å². The Kier molecular flexibility index (Phi) is 2.11. The molecular weight excluding hydrogens is 184 g/mol. The Balaban J connectivity index is 2.29. The summed E-state index contributed by atoms with van der Waals surface area (Å²) in [5, 5.41) is 14.3. The van der Waals surface area contributed by atoms with E-state index in [9.17, 15) is 0 Å². The summed E-state index contributed by atoms with van der Waals surface area (Å²) in [7, 11) is 0. The Morgan fingerprint density at radius 2 is 2.54 bits per heavy atom. The molecule has 0 fully saturated rings. The van der Waals surface area contributed by atoms with E-state index in [0.29, 0.717) is 5.76 Å². The summed E-state index contributed by atoms with van der Waals surface area (Å²) in [5.74, 6) is 0.617. The molecule has 2 aromatic heterocycles. The maximum Gasteiger partial charge on any atom is 0.151 e. The van der Waals surface area contributed by atoms with E-state index >= 15 is 0 Å². The summed E-state index contributed by atoms with van der Waals surface area (Å²) in [5.41, 5.74) is 0.806. The highest BCUT2D eigenvalue weighted by Gasteiger charge is 2.05. The normalized spacial score (nSPS) is 9.77. The zero-order chi connectivity index (χ0) is 9.10. The number of hydrogen-bond donors (Lipinski definition) is 0. The molecule has 0 amide bonds. The lowest BCUT2D eigenvalue weighted by Gasteiger charge is -1.82. The molecule has 3 nitrogen and oxygen atoms in total. The van der Waals surface area contributed by atoms with Gasteiger partial charge in [0, 0.05) is 6.07 Å². The Morgan fingerprint density at radius 3 is 3.23 bits per heavy atom. The van der Waals surface area contributed by atoms with Crippen LogP contribution >= 0.6 is 11.3 Å². The van der Waals surface area contributed by atoms with Gasteiger partial charge in [0.25, 0.3) is 0 Å². The number of nitriles is 1. The van der Waals surface area contributed by atoms with E-state index < -0.39 is 0 Å². The van der Waals surface area contributed by atoms with Crippen LogP contribution in [0, 0.1) is 11.3 Å². The third-order valence-electron chi connectivity index (χ3n) is 1.59. The van der Waals surface area contributed by atoms with Gasteiger partial charge in [-0.25, -0.2) is 0 Å². The molecular formula is C9H6N2OS. The van der Waals surface area contributed by atoms with Crippen LogP contribution in [-0.4, -0.2) is 5.16 Å². The first-order valence-electron chi connectivity index (χ1n) is 3.76. The zero-order valence-corrected chi connectivity index (χ0v) is 7.54. The van der Waals surface area contributed by atoms with E-state index in [1.165, 1.54) is 0 Å². The molecule has 0 aromatic carbocycles. The lowest BCUT2D eigenvalue weighted by atomic mass is 10.3. The molecule has 0 aliphatic heterocycles. The maximum absolute atomic E-state index is 8.42. The van der Waals surface area contributed by atoms with Gasteiger partial charge in [0.1, 0.15) is 5.69 Å². The van der Waals surface area contributed by atoms with E-state index in [-0.39, 0.29) is 6.42 Å². The molecule has 0 unspecified atom stereocenters. The van der Waals surface area contributed by atoms with Crippen molar-refractivity contribution < 1.29 is 4.52 Å². The highest BCUT2D eigenvalue weighted by Crippen LogP contribution is 2.23. The van der Waals surface area contributed by atoms with Gasteiger partial charge in [0.15, 0.2) is 5.76 Å². The van der Waals surface area contributed by atoms with Gasteiger partial charge < -0.3 is 4.52 Å². The van der Waals surface area contributed by atoms with E-state index in [4.69, 9.17) is 9.78 Å². The van der Waals surface area contributed by atoms with Crippen LogP contribution in [0.15, 0.2) is 28.1 Å². The van der Waals surface area contributed by atoms with Crippen LogP contribution in [0.25, 0.3) is 10.6 Å². The van der Waals surface area contributed by atoms with Gasteiger partial charge in [-0.15, -0.1) is 11.3 Å². The summed E-state index contributed by atoms with van der Waals surface area (Å²) < 4.78 is 4.96. The molecule has 4 heteroatoms. The second-order valence-corrected chi connectivity index (χ2v) is 3.44. The lowest BCUT2D eigenvalue weighted by molar-refractivity contribution is 0.394. The summed E-state index contributed by atoms with van der Waals surface area (Å²) in [6, 6.07) is 7.74. The molecule has 2 aromatic rings. The Hall–Kier alpha value is -1.60. The lowest BCUT2D eigenvalue weighted by Crippen LogP contribution is -1.72. The molecule has 0 atom stereocenters. The fraction of sp³-hybridized carbons (Fsp3) is 0.111. The van der Waals surface area contributed by atoms with Crippen LogP contribution in [-0.2, 0) is 6.42 Å². The molecule has 0 aliphatic rings. The van der Waals surface area contributed by atoms with Gasteiger partial charge in [0.05, 0.1) is 17.4 Å². The molecule has 0 spiro atoms. The maximum atomic E-state index is 8.42. The minimum Gasteiger partial charge on any atom is -0.360 e. The molecule has 0 saturated carbocycles. The van der Waals surface area contributed by atoms with Crippen molar-refractivity contribution >= 4 is 11.3 Å². The third kappa shape index (κ3) is 1.60. The highest BCUT2D eigenvalue weighted by atomic mass is 32.1. The predicted molar refractivity (Wildman–Crippen MR) is 49.1 cm³/mol. The van der Waals surface area contributed by atoms with Crippen LogP contribution in [0.5, 0.6) is 0 Å². The van der Waals surface area contributed by atoms with Gasteiger partial charge in [-0.05, 0) is 11.4 Å². The molecule has 13 heavy (non-hydrogen) atoms. The van der Waals surface area contributed by atoms with Crippen molar-refractivity contribution in [1.29, 1.82) is 5.26 Å². The van der Waals surface area contributed by atoms with Crippen LogP contribution in [0.1, 0.15) is 5.76 Å². The second-order valence-electron chi connectivity index (χ2n) is 2.49. The first kappa shape index (κ1) is 8.02. The smallest absolute Gasteiger partial charge is 0.151 e. The van der Waals surface area contributed by atoms with Gasteiger partial charge in [-0.1, -0.05) is 11.2 Å². The monoisotopic (exact) mass is 190 g/mol. The van der Waals surface area contributed by atoms with E-state index in [0.717, 1.165) is 10.6 Å². The average Bonchev–Trinajstić information content (AvgIpc) is 2.70. The number of rotatable bonds is 2. The van der Waals surface area contributed by atoms with Crippen molar-refractivity contribution in [3.05, 3.63) is 29.3 Å². The van der Waals surface area contributed by atoms with Crippen molar-refractivity contribution in [1.82, 2.24) is 5.16 Å². The minimum absolute atomic E-state index is 0.276. The Morgan fingerprint density at radius 1 is 1.62 bits per heavy atom. The van der Waals surface area contributed by atoms with Crippen molar-refractivity contribution in [2.75, 3.05) is 0 Å². The molecule has 2 rings (SSSR count). The standard InChI is InChI=1S/C9H6N2OS/c10-4-3-7-6-8(11-12-7)9-2-1-5-13-9/h1-2,5-6H,3H2. The number of hydrogen-bond acceptors (Lipinski definition) is 4. The molecule has 0 aliphatic carbocycles. The molecule has 0 saturated heterocycles. The number of nitrogens with zero attached hydrogens (tertiary/aromatic N) is 2. The molecule has 0 radical (unpaired) electrons. The number of thiophene rings is 1. The average molecular weight is 190 g/mol. The predicted octanol–water partition coefficient (Wildman–Crippen LogP) is 2.47. The first-order valence-corrected chi connectivity index (χ1v) is 4.64. The molecule has 64 valence electrons. The van der Waals surface area contributed by atoms with Gasteiger partial charge in [-0.2, -0.15) is 5.26 Å². The Labute approximate surface area is 79.2 Å². The van der Waals surface area contributed by atoms with Crippen LogP contribution in [0.2, 0.25) is 0 Å². The highest BCUT2D eigenvalue weighted by molar-refractivity contribution is 7.13. The van der Waals surface area contributed by atoms with Gasteiger partial charge >= 0.3 is 0 Å². The third-order valence-corrected chi connectivity index (χ3v) is 2.48. The van der Waals surface area contributed by atoms with Crippen molar-refractivity contribution in [2.24, 2.45) is 0 Å². The topological polar surface area (TPSA) is 49.8 Å². The second kappa shape index (κ2) is 3.42. The van der Waals surface area contributed by atoms with Crippen molar-refractivity contribution in [3.63, 3.8) is 0 Å².